The molecule has 2 nitrogen and oxygen atoms in total. The number of hydrogen-bond acceptors (Lipinski definition) is 3. The summed E-state index contributed by atoms with van der Waals surface area (Å²) in [5.74, 6) is 0. The van der Waals surface area contributed by atoms with E-state index < -0.39 is 5.60 Å². The number of rotatable bonds is 4. The number of aliphatic hydroxyl groups is 1. The maximum Gasteiger partial charge on any atom is 0.0697 e. The first-order chi connectivity index (χ1) is 8.15. The van der Waals surface area contributed by atoms with Crippen LogP contribution in [0.1, 0.15) is 42.4 Å². The van der Waals surface area contributed by atoms with Gasteiger partial charge in [0.25, 0.3) is 0 Å². The Morgan fingerprint density at radius 2 is 2.00 bits per heavy atom. The Bertz CT molecular complexity index is 353. The Morgan fingerprint density at radius 3 is 2.53 bits per heavy atom. The maximum absolute atomic E-state index is 10.6. The summed E-state index contributed by atoms with van der Waals surface area (Å²) in [4.78, 5) is 2.76. The standard InChI is InChI=1S/C14H23NOS/c1-3-12-4-5-13(17-12)10-14(16)8-6-11(15-2)7-9-14/h4-5,11,15-16H,3,6-10H2,1-2H3. The van der Waals surface area contributed by atoms with Crippen LogP contribution in [0, 0.1) is 0 Å². The van der Waals surface area contributed by atoms with E-state index in [1.54, 1.807) is 0 Å². The van der Waals surface area contributed by atoms with E-state index in [0.717, 1.165) is 38.5 Å². The van der Waals surface area contributed by atoms with Crippen molar-refractivity contribution in [3.05, 3.63) is 21.9 Å². The molecule has 0 aliphatic heterocycles. The predicted molar refractivity (Wildman–Crippen MR) is 73.7 cm³/mol. The molecule has 2 rings (SSSR count). The monoisotopic (exact) mass is 253 g/mol. The molecule has 1 fully saturated rings. The number of nitrogens with one attached hydrogen (secondary N) is 1. The molecule has 0 radical (unpaired) electrons. The topological polar surface area (TPSA) is 32.3 Å². The zero-order valence-corrected chi connectivity index (χ0v) is 11.6. The molecule has 1 aromatic heterocycles. The smallest absolute Gasteiger partial charge is 0.0697 e. The fourth-order valence-electron chi connectivity index (χ4n) is 2.65. The van der Waals surface area contributed by atoms with E-state index in [0.29, 0.717) is 6.04 Å². The molecular weight excluding hydrogens is 230 g/mol. The zero-order valence-electron chi connectivity index (χ0n) is 10.8. The molecule has 17 heavy (non-hydrogen) atoms. The van der Waals surface area contributed by atoms with Gasteiger partial charge in [0.05, 0.1) is 5.60 Å². The fourth-order valence-corrected chi connectivity index (χ4v) is 3.75. The van der Waals surface area contributed by atoms with E-state index in [4.69, 9.17) is 0 Å². The Labute approximate surface area is 108 Å². The number of aryl methyl sites for hydroxylation is 1. The Balaban J connectivity index is 1.94. The van der Waals surface area contributed by atoms with E-state index in [9.17, 15) is 5.11 Å². The van der Waals surface area contributed by atoms with Crippen LogP contribution >= 0.6 is 11.3 Å². The average molecular weight is 253 g/mol. The van der Waals surface area contributed by atoms with Crippen molar-refractivity contribution in [1.29, 1.82) is 0 Å². The summed E-state index contributed by atoms with van der Waals surface area (Å²) in [6.07, 6.45) is 5.99. The van der Waals surface area contributed by atoms with Gasteiger partial charge in [0, 0.05) is 22.2 Å². The third-order valence-corrected chi connectivity index (χ3v) is 5.12. The van der Waals surface area contributed by atoms with Crippen LogP contribution in [0.5, 0.6) is 0 Å². The van der Waals surface area contributed by atoms with Gasteiger partial charge in [-0.25, -0.2) is 0 Å². The molecule has 0 unspecified atom stereocenters. The van der Waals surface area contributed by atoms with Gasteiger partial charge in [-0.3, -0.25) is 0 Å². The number of thiophene rings is 1. The lowest BCUT2D eigenvalue weighted by atomic mass is 9.80. The first-order valence-corrected chi connectivity index (χ1v) is 7.44. The minimum absolute atomic E-state index is 0.455. The second kappa shape index (κ2) is 5.51. The van der Waals surface area contributed by atoms with Gasteiger partial charge < -0.3 is 10.4 Å². The Kier molecular flexibility index (Phi) is 4.23. The van der Waals surface area contributed by atoms with Crippen LogP contribution in [0.3, 0.4) is 0 Å². The summed E-state index contributed by atoms with van der Waals surface area (Å²) in [5, 5.41) is 13.9. The summed E-state index contributed by atoms with van der Waals surface area (Å²) < 4.78 is 0. The molecule has 1 saturated carbocycles. The highest BCUT2D eigenvalue weighted by molar-refractivity contribution is 7.12. The molecule has 1 aromatic rings. The predicted octanol–water partition coefficient (Wildman–Crippen LogP) is 2.75. The summed E-state index contributed by atoms with van der Waals surface area (Å²) in [5.41, 5.74) is -0.455. The molecule has 1 aliphatic carbocycles. The third-order valence-electron chi connectivity index (χ3n) is 3.89. The molecule has 96 valence electrons. The molecule has 2 N–H and O–H groups in total. The highest BCUT2D eigenvalue weighted by Gasteiger charge is 2.33. The third kappa shape index (κ3) is 3.30. The minimum Gasteiger partial charge on any atom is -0.390 e. The van der Waals surface area contributed by atoms with Crippen LogP contribution in [0.15, 0.2) is 12.1 Å². The Morgan fingerprint density at radius 1 is 1.35 bits per heavy atom. The van der Waals surface area contributed by atoms with Crippen molar-refractivity contribution in [3.8, 4) is 0 Å². The molecule has 0 aromatic carbocycles. The molecule has 0 saturated heterocycles. The van der Waals surface area contributed by atoms with E-state index in [-0.39, 0.29) is 0 Å². The first-order valence-electron chi connectivity index (χ1n) is 6.62. The SMILES string of the molecule is CCc1ccc(CC2(O)CCC(NC)CC2)s1. The van der Waals surface area contributed by atoms with Gasteiger partial charge in [0.1, 0.15) is 0 Å². The van der Waals surface area contributed by atoms with E-state index in [1.807, 2.05) is 18.4 Å². The number of hydrogen-bond donors (Lipinski definition) is 2. The summed E-state index contributed by atoms with van der Waals surface area (Å²) in [6, 6.07) is 4.98. The van der Waals surface area contributed by atoms with Gasteiger partial charge in [-0.2, -0.15) is 0 Å². The average Bonchev–Trinajstić information content (AvgIpc) is 2.77. The van der Waals surface area contributed by atoms with Gasteiger partial charge in [0.15, 0.2) is 0 Å². The van der Waals surface area contributed by atoms with Crippen molar-refractivity contribution in [2.45, 2.75) is 57.1 Å². The van der Waals surface area contributed by atoms with Crippen molar-refractivity contribution < 1.29 is 5.11 Å². The van der Waals surface area contributed by atoms with Crippen molar-refractivity contribution in [2.75, 3.05) is 7.05 Å². The van der Waals surface area contributed by atoms with E-state index >= 15 is 0 Å². The van der Waals surface area contributed by atoms with Crippen LogP contribution < -0.4 is 5.32 Å². The molecule has 0 bridgehead atoms. The fraction of sp³-hybridized carbons (Fsp3) is 0.714. The van der Waals surface area contributed by atoms with Crippen molar-refractivity contribution in [3.63, 3.8) is 0 Å². The first kappa shape index (κ1) is 13.1. The molecule has 3 heteroatoms. The van der Waals surface area contributed by atoms with Crippen molar-refractivity contribution >= 4 is 11.3 Å². The highest BCUT2D eigenvalue weighted by Crippen LogP contribution is 2.33. The summed E-state index contributed by atoms with van der Waals surface area (Å²) >= 11 is 1.86. The molecular formula is C14H23NOS. The van der Waals surface area contributed by atoms with Gasteiger partial charge >= 0.3 is 0 Å². The minimum atomic E-state index is -0.455. The van der Waals surface area contributed by atoms with Crippen molar-refractivity contribution in [2.24, 2.45) is 0 Å². The van der Waals surface area contributed by atoms with Crippen LogP contribution in [-0.2, 0) is 12.8 Å². The largest absolute Gasteiger partial charge is 0.390 e. The van der Waals surface area contributed by atoms with E-state index in [1.165, 1.54) is 9.75 Å². The maximum atomic E-state index is 10.6. The van der Waals surface area contributed by atoms with Crippen LogP contribution in [0.4, 0.5) is 0 Å². The van der Waals surface area contributed by atoms with E-state index in [2.05, 4.69) is 24.4 Å². The Hall–Kier alpha value is -0.380. The molecule has 0 atom stereocenters. The normalized spacial score (nSPS) is 29.5. The molecule has 0 spiro atoms. The lowest BCUT2D eigenvalue weighted by molar-refractivity contribution is -0.00175. The highest BCUT2D eigenvalue weighted by atomic mass is 32.1. The van der Waals surface area contributed by atoms with Crippen molar-refractivity contribution in [1.82, 2.24) is 5.32 Å². The van der Waals surface area contributed by atoms with Crippen LogP contribution in [-0.4, -0.2) is 23.8 Å². The lowest BCUT2D eigenvalue weighted by Gasteiger charge is -2.35. The van der Waals surface area contributed by atoms with Crippen LogP contribution in [0.2, 0.25) is 0 Å². The molecule has 1 heterocycles. The lowest BCUT2D eigenvalue weighted by Crippen LogP contribution is -2.41. The second-order valence-electron chi connectivity index (χ2n) is 5.19. The zero-order chi connectivity index (χ0) is 12.3. The van der Waals surface area contributed by atoms with Gasteiger partial charge in [-0.15, -0.1) is 11.3 Å². The van der Waals surface area contributed by atoms with Gasteiger partial charge in [-0.05, 0) is 51.3 Å². The van der Waals surface area contributed by atoms with Crippen LogP contribution in [0.25, 0.3) is 0 Å². The van der Waals surface area contributed by atoms with Gasteiger partial charge in [0.2, 0.25) is 0 Å². The van der Waals surface area contributed by atoms with Gasteiger partial charge in [-0.1, -0.05) is 6.92 Å². The quantitative estimate of drug-likeness (QED) is 0.865. The summed E-state index contributed by atoms with van der Waals surface area (Å²) in [6.45, 7) is 2.18. The second-order valence-corrected chi connectivity index (χ2v) is 6.44. The molecule has 0 amide bonds. The summed E-state index contributed by atoms with van der Waals surface area (Å²) in [7, 11) is 2.02. The molecule has 1 aliphatic rings.